The highest BCUT2D eigenvalue weighted by molar-refractivity contribution is 7.99. The van der Waals surface area contributed by atoms with Gasteiger partial charge in [-0.25, -0.2) is 4.79 Å². The van der Waals surface area contributed by atoms with Crippen molar-refractivity contribution in [3.63, 3.8) is 0 Å². The summed E-state index contributed by atoms with van der Waals surface area (Å²) in [6.45, 7) is 9.62. The molecule has 1 aliphatic carbocycles. The molecule has 1 aliphatic heterocycles. The van der Waals surface area contributed by atoms with Crippen molar-refractivity contribution in [3.8, 4) is 0 Å². The highest BCUT2D eigenvalue weighted by Crippen LogP contribution is 2.28. The van der Waals surface area contributed by atoms with Gasteiger partial charge in [-0.1, -0.05) is 38.5 Å². The average Bonchev–Trinajstić information content (AvgIpc) is 3.03. The molecule has 0 unspecified atom stereocenters. The van der Waals surface area contributed by atoms with E-state index >= 15 is 0 Å². The second kappa shape index (κ2) is 11.2. The zero-order valence-corrected chi connectivity index (χ0v) is 18.9. The predicted octanol–water partition coefficient (Wildman–Crippen LogP) is 2.96. The first-order valence-corrected chi connectivity index (χ1v) is 12.4. The molecule has 1 aromatic heterocycles. The van der Waals surface area contributed by atoms with E-state index in [4.69, 9.17) is 0 Å². The molecule has 2 aliphatic rings. The Balaban J connectivity index is 1.73. The molecule has 162 valence electrons. The summed E-state index contributed by atoms with van der Waals surface area (Å²) < 4.78 is 1.90. The Morgan fingerprint density at radius 2 is 1.72 bits per heavy atom. The van der Waals surface area contributed by atoms with Crippen molar-refractivity contribution in [2.24, 2.45) is 0 Å². The predicted molar refractivity (Wildman–Crippen MR) is 119 cm³/mol. The third-order valence-corrected chi connectivity index (χ3v) is 7.28. The molecular weight excluding hydrogens is 384 g/mol. The van der Waals surface area contributed by atoms with Crippen LogP contribution in [0.3, 0.4) is 0 Å². The number of nitrogens with zero attached hydrogens (tertiary/aromatic N) is 4. The van der Waals surface area contributed by atoms with Gasteiger partial charge in [-0.15, -0.1) is 0 Å². The lowest BCUT2D eigenvalue weighted by molar-refractivity contribution is -0.128. The van der Waals surface area contributed by atoms with Crippen LogP contribution in [-0.4, -0.2) is 63.7 Å². The van der Waals surface area contributed by atoms with E-state index in [0.717, 1.165) is 82.0 Å². The minimum atomic E-state index is -0.150. The van der Waals surface area contributed by atoms with Gasteiger partial charge in [-0.05, 0) is 51.6 Å². The minimum Gasteiger partial charge on any atom is -0.342 e. The second-order valence-electron chi connectivity index (χ2n) is 8.09. The molecule has 1 aromatic rings. The van der Waals surface area contributed by atoms with Crippen molar-refractivity contribution >= 4 is 17.7 Å². The van der Waals surface area contributed by atoms with E-state index in [1.54, 1.807) is 0 Å². The monoisotopic (exact) mass is 420 g/mol. The first-order valence-electron chi connectivity index (χ1n) is 11.4. The zero-order chi connectivity index (χ0) is 20.6. The van der Waals surface area contributed by atoms with Gasteiger partial charge in [-0.3, -0.25) is 9.36 Å². The molecule has 0 radical (unpaired) electrons. The molecule has 0 bridgehead atoms. The van der Waals surface area contributed by atoms with Crippen LogP contribution < -0.4 is 5.69 Å². The van der Waals surface area contributed by atoms with Crippen LogP contribution >= 0.6 is 11.8 Å². The Morgan fingerprint density at radius 1 is 1.03 bits per heavy atom. The van der Waals surface area contributed by atoms with E-state index in [-0.39, 0.29) is 11.6 Å². The van der Waals surface area contributed by atoms with Gasteiger partial charge >= 0.3 is 5.69 Å². The van der Waals surface area contributed by atoms with E-state index in [1.165, 1.54) is 30.2 Å². The van der Waals surface area contributed by atoms with Gasteiger partial charge in [0, 0.05) is 37.4 Å². The third kappa shape index (κ3) is 5.85. The van der Waals surface area contributed by atoms with Crippen molar-refractivity contribution < 1.29 is 4.79 Å². The Bertz CT molecular complexity index is 737. The molecular formula is C22H36N4O2S. The number of amides is 1. The van der Waals surface area contributed by atoms with E-state index in [9.17, 15) is 9.59 Å². The Labute approximate surface area is 179 Å². The fourth-order valence-electron chi connectivity index (χ4n) is 4.42. The molecule has 1 saturated heterocycles. The zero-order valence-electron chi connectivity index (χ0n) is 18.1. The molecule has 0 saturated carbocycles. The van der Waals surface area contributed by atoms with Gasteiger partial charge in [0.05, 0.1) is 5.75 Å². The lowest BCUT2D eigenvalue weighted by atomic mass is 9.97. The number of likely N-dealkylation sites (N-methyl/N-ethyl adjacent to an activating group) is 1. The summed E-state index contributed by atoms with van der Waals surface area (Å²) in [7, 11) is 0. The van der Waals surface area contributed by atoms with Gasteiger partial charge in [0.25, 0.3) is 0 Å². The first-order chi connectivity index (χ1) is 14.1. The summed E-state index contributed by atoms with van der Waals surface area (Å²) in [6.07, 6.45) is 8.82. The Morgan fingerprint density at radius 3 is 2.41 bits per heavy atom. The minimum absolute atomic E-state index is 0.150. The number of hydrogen-bond acceptors (Lipinski definition) is 5. The molecule has 29 heavy (non-hydrogen) atoms. The quantitative estimate of drug-likeness (QED) is 0.478. The molecule has 3 rings (SSSR count). The summed E-state index contributed by atoms with van der Waals surface area (Å²) in [5, 5.41) is 0.798. The van der Waals surface area contributed by atoms with Gasteiger partial charge in [0.2, 0.25) is 5.91 Å². The molecule has 0 spiro atoms. The largest absolute Gasteiger partial charge is 0.348 e. The van der Waals surface area contributed by atoms with Crippen LogP contribution in [0.5, 0.6) is 0 Å². The van der Waals surface area contributed by atoms with E-state index in [1.807, 2.05) is 9.47 Å². The lowest BCUT2D eigenvalue weighted by Crippen LogP contribution is -2.36. The number of thioether (sulfide) groups is 1. The number of hydrogen-bond donors (Lipinski definition) is 0. The van der Waals surface area contributed by atoms with Crippen molar-refractivity contribution in [3.05, 3.63) is 21.7 Å². The summed E-state index contributed by atoms with van der Waals surface area (Å²) in [5.41, 5.74) is 2.22. The molecule has 1 amide bonds. The van der Waals surface area contributed by atoms with E-state index in [2.05, 4.69) is 23.7 Å². The van der Waals surface area contributed by atoms with Gasteiger partial charge in [0.1, 0.15) is 5.03 Å². The molecule has 0 N–H and O–H groups in total. The molecule has 1 fully saturated rings. The third-order valence-electron chi connectivity index (χ3n) is 6.28. The molecule has 0 aromatic carbocycles. The van der Waals surface area contributed by atoms with Gasteiger partial charge in [0.15, 0.2) is 0 Å². The van der Waals surface area contributed by atoms with Crippen LogP contribution in [0.4, 0.5) is 0 Å². The molecule has 6 nitrogen and oxygen atoms in total. The fraction of sp³-hybridized carbons (Fsp3) is 0.773. The second-order valence-corrected chi connectivity index (χ2v) is 9.06. The number of fused-ring (bicyclic) bond motifs is 1. The first kappa shape index (κ1) is 22.3. The van der Waals surface area contributed by atoms with Crippen molar-refractivity contribution in [2.45, 2.75) is 76.8 Å². The van der Waals surface area contributed by atoms with Crippen LogP contribution in [0.1, 0.15) is 63.6 Å². The number of likely N-dealkylation sites (tertiary alicyclic amines) is 1. The van der Waals surface area contributed by atoms with Gasteiger partial charge < -0.3 is 9.80 Å². The fourth-order valence-corrected chi connectivity index (χ4v) is 5.40. The standard InChI is InChI=1S/C22H36N4O2S/c1-3-24(4-2)15-16-26-19-12-8-7-11-18(19)21(23-22(26)28)29-17-20(27)25-13-9-5-6-10-14-25/h3-17H2,1-2H3. The Kier molecular flexibility index (Phi) is 8.60. The number of aromatic nitrogens is 2. The van der Waals surface area contributed by atoms with Crippen LogP contribution in [0.25, 0.3) is 0 Å². The van der Waals surface area contributed by atoms with E-state index < -0.39 is 0 Å². The highest BCUT2D eigenvalue weighted by atomic mass is 32.2. The van der Waals surface area contributed by atoms with Crippen LogP contribution in [-0.2, 0) is 24.2 Å². The van der Waals surface area contributed by atoms with Crippen LogP contribution in [0, 0.1) is 0 Å². The number of carbonyl (C=O) groups excluding carboxylic acids is 1. The average molecular weight is 421 g/mol. The normalized spacial score (nSPS) is 17.3. The number of carbonyl (C=O) groups is 1. The van der Waals surface area contributed by atoms with Crippen molar-refractivity contribution in [1.82, 2.24) is 19.4 Å². The smallest absolute Gasteiger partial charge is 0.342 e. The molecule has 2 heterocycles. The maximum atomic E-state index is 12.8. The Hall–Kier alpha value is -1.34. The van der Waals surface area contributed by atoms with Crippen LogP contribution in [0.15, 0.2) is 9.82 Å². The summed E-state index contributed by atoms with van der Waals surface area (Å²) in [6, 6.07) is 0. The van der Waals surface area contributed by atoms with E-state index in [0.29, 0.717) is 12.3 Å². The summed E-state index contributed by atoms with van der Waals surface area (Å²) in [4.78, 5) is 34.3. The topological polar surface area (TPSA) is 58.4 Å². The number of rotatable bonds is 8. The van der Waals surface area contributed by atoms with Crippen LogP contribution in [0.2, 0.25) is 0 Å². The lowest BCUT2D eigenvalue weighted by Gasteiger charge is -2.25. The maximum Gasteiger partial charge on any atom is 0.348 e. The van der Waals surface area contributed by atoms with Crippen molar-refractivity contribution in [1.29, 1.82) is 0 Å². The molecule has 7 heteroatoms. The summed E-state index contributed by atoms with van der Waals surface area (Å²) >= 11 is 1.47. The highest BCUT2D eigenvalue weighted by Gasteiger charge is 2.22. The molecule has 0 atom stereocenters. The SMILES string of the molecule is CCN(CC)CCn1c2c(c(SCC(=O)N3CCCCCC3)nc1=O)CCCC2. The summed E-state index contributed by atoms with van der Waals surface area (Å²) in [5.74, 6) is 0.580. The van der Waals surface area contributed by atoms with Gasteiger partial charge in [-0.2, -0.15) is 4.98 Å². The van der Waals surface area contributed by atoms with Crippen molar-refractivity contribution in [2.75, 3.05) is 38.5 Å². The maximum absolute atomic E-state index is 12.8.